The summed E-state index contributed by atoms with van der Waals surface area (Å²) in [4.78, 5) is 0. The standard InChI is InChI=1S/C6H7N.3BrH.6ClH/c7-6-4-2-1-3-5-6;;;;;;;;;/h1-5H,7H2;9*1H/p-2. The Labute approximate surface area is 165 Å². The van der Waals surface area contributed by atoms with Gasteiger partial charge in [0.15, 0.2) is 0 Å². The monoisotopic (exact) mass is 547 g/mol. The lowest BCUT2D eigenvalue weighted by molar-refractivity contribution is -0.254. The van der Waals surface area contributed by atoms with Crippen LogP contribution < -0.4 is 56.7 Å². The van der Waals surface area contributed by atoms with E-state index in [4.69, 9.17) is 0 Å². The molecule has 0 fully saturated rings. The molecule has 0 atom stereocenters. The lowest BCUT2D eigenvalue weighted by Crippen LogP contribution is -3.00. The van der Waals surface area contributed by atoms with Crippen molar-refractivity contribution in [2.45, 2.75) is 0 Å². The number of quaternary nitrogens is 1. The molecule has 1 aromatic carbocycles. The van der Waals surface area contributed by atoms with Gasteiger partial charge in [-0.2, -0.15) is 0 Å². The second kappa shape index (κ2) is 43.3. The molecule has 0 saturated carbocycles. The zero-order valence-corrected chi connectivity index (χ0v) is 17.3. The van der Waals surface area contributed by atoms with Crippen LogP contribution in [0.4, 0.5) is 5.69 Å². The van der Waals surface area contributed by atoms with Gasteiger partial charge in [-0.3, -0.25) is 0 Å². The summed E-state index contributed by atoms with van der Waals surface area (Å²) in [5, 5.41) is 0. The van der Waals surface area contributed by atoms with Gasteiger partial charge < -0.3 is 56.7 Å². The average Bonchev–Trinajstić information content (AvgIpc) is 1.69. The van der Waals surface area contributed by atoms with Crippen molar-refractivity contribution in [2.75, 3.05) is 0 Å². The maximum atomic E-state index is 3.72. The molecule has 0 aliphatic carbocycles. The third kappa shape index (κ3) is 36.0. The molecule has 0 bridgehead atoms. The van der Waals surface area contributed by atoms with Gasteiger partial charge >= 0.3 is 0 Å². The largest absolute Gasteiger partial charge is 1.00 e. The molecule has 0 spiro atoms. The molecule has 1 nitrogen and oxygen atoms in total. The third-order valence-electron chi connectivity index (χ3n) is 0.843. The first-order valence-corrected chi connectivity index (χ1v) is 2.26. The smallest absolute Gasteiger partial charge is 0.127 e. The van der Waals surface area contributed by atoms with E-state index >= 15 is 0 Å². The predicted molar refractivity (Wildman–Crippen MR) is 72.5 cm³/mol. The summed E-state index contributed by atoms with van der Waals surface area (Å²) in [6, 6.07) is 9.87. The van der Waals surface area contributed by atoms with Crippen LogP contribution in [0.15, 0.2) is 30.3 Å². The van der Waals surface area contributed by atoms with Crippen molar-refractivity contribution in [1.29, 1.82) is 0 Å². The van der Waals surface area contributed by atoms with E-state index in [1.807, 2.05) is 30.3 Å². The number of hydrogen-bond acceptors (Lipinski definition) is 0. The first-order chi connectivity index (χ1) is 3.39. The molecule has 0 amide bonds. The van der Waals surface area contributed by atoms with E-state index < -0.39 is 0 Å². The SMILES string of the molecule is Cl.Cl.Cl.Cl.Cl.Cl.[Br-].[Br-].[Br-].[NH3+]c1ccccc1. The van der Waals surface area contributed by atoms with Crippen LogP contribution in [0.25, 0.3) is 0 Å². The van der Waals surface area contributed by atoms with Crippen LogP contribution in [0.5, 0.6) is 0 Å². The molecule has 0 saturated heterocycles. The Balaban J connectivity index is -0.00000000778. The minimum atomic E-state index is 0. The van der Waals surface area contributed by atoms with Crippen molar-refractivity contribution < 1.29 is 56.7 Å². The molecule has 0 aromatic heterocycles. The quantitative estimate of drug-likeness (QED) is 0.332. The summed E-state index contributed by atoms with van der Waals surface area (Å²) in [5.74, 6) is 0. The van der Waals surface area contributed by atoms with Crippen molar-refractivity contribution >= 4 is 80.1 Å². The molecule has 108 valence electrons. The second-order valence-electron chi connectivity index (χ2n) is 1.49. The molecule has 0 radical (unpaired) electrons. The molecular weight excluding hydrogens is 539 g/mol. The van der Waals surface area contributed by atoms with Crippen LogP contribution >= 0.6 is 74.4 Å². The zero-order valence-electron chi connectivity index (χ0n) is 7.68. The zero-order chi connectivity index (χ0) is 5.11. The minimum absolute atomic E-state index is 0. The van der Waals surface area contributed by atoms with Crippen LogP contribution in [0.1, 0.15) is 0 Å². The normalized spacial score (nSPS) is 3.81. The van der Waals surface area contributed by atoms with Gasteiger partial charge in [0.1, 0.15) is 5.69 Å². The van der Waals surface area contributed by atoms with E-state index in [2.05, 4.69) is 5.73 Å². The predicted octanol–water partition coefficient (Wildman–Crippen LogP) is -5.90. The Morgan fingerprint density at radius 2 is 0.812 bits per heavy atom. The van der Waals surface area contributed by atoms with E-state index in [1.165, 1.54) is 0 Å². The highest BCUT2D eigenvalue weighted by atomic mass is 79.9. The molecule has 0 aliphatic heterocycles. The first kappa shape index (κ1) is 63.2. The van der Waals surface area contributed by atoms with Crippen LogP contribution in [0.2, 0.25) is 0 Å². The maximum absolute atomic E-state index is 3.72. The van der Waals surface area contributed by atoms with Crippen LogP contribution in [-0.2, 0) is 0 Å². The number of hydrogen-bond donors (Lipinski definition) is 1. The van der Waals surface area contributed by atoms with Crippen LogP contribution in [-0.4, -0.2) is 0 Å². The molecular formula is C6H14Br3Cl6N-2. The molecule has 16 heavy (non-hydrogen) atoms. The number of benzene rings is 1. The molecule has 10 heteroatoms. The fourth-order valence-corrected chi connectivity index (χ4v) is 0.478. The Hall–Kier alpha value is 2.36. The van der Waals surface area contributed by atoms with Crippen molar-refractivity contribution in [3.05, 3.63) is 30.3 Å². The van der Waals surface area contributed by atoms with E-state index in [1.54, 1.807) is 0 Å². The molecule has 0 heterocycles. The van der Waals surface area contributed by atoms with Crippen LogP contribution in [0.3, 0.4) is 0 Å². The van der Waals surface area contributed by atoms with Gasteiger partial charge in [-0.1, -0.05) is 18.2 Å². The highest BCUT2D eigenvalue weighted by molar-refractivity contribution is 5.86. The van der Waals surface area contributed by atoms with Gasteiger partial charge in [0, 0.05) is 0 Å². The van der Waals surface area contributed by atoms with E-state index in [0.717, 1.165) is 5.69 Å². The minimum Gasteiger partial charge on any atom is -1.00 e. The summed E-state index contributed by atoms with van der Waals surface area (Å²) in [6.45, 7) is 0. The molecule has 0 unspecified atom stereocenters. The summed E-state index contributed by atoms with van der Waals surface area (Å²) in [5.41, 5.74) is 4.79. The van der Waals surface area contributed by atoms with Gasteiger partial charge in [0.2, 0.25) is 0 Å². The van der Waals surface area contributed by atoms with Crippen LogP contribution in [0, 0.1) is 0 Å². The Kier molecular flexibility index (Phi) is 171. The van der Waals surface area contributed by atoms with Gasteiger partial charge in [-0.05, 0) is 12.1 Å². The highest BCUT2D eigenvalue weighted by Crippen LogP contribution is 1.93. The summed E-state index contributed by atoms with van der Waals surface area (Å²) in [6.07, 6.45) is 0. The van der Waals surface area contributed by atoms with E-state index in [-0.39, 0.29) is 125 Å². The van der Waals surface area contributed by atoms with Crippen molar-refractivity contribution in [3.8, 4) is 0 Å². The summed E-state index contributed by atoms with van der Waals surface area (Å²) >= 11 is 0. The van der Waals surface area contributed by atoms with Crippen molar-refractivity contribution in [3.63, 3.8) is 0 Å². The highest BCUT2D eigenvalue weighted by Gasteiger charge is 1.77. The van der Waals surface area contributed by atoms with Crippen molar-refractivity contribution in [2.24, 2.45) is 0 Å². The summed E-state index contributed by atoms with van der Waals surface area (Å²) in [7, 11) is 0. The van der Waals surface area contributed by atoms with Gasteiger partial charge in [0.05, 0.1) is 0 Å². The average molecular weight is 553 g/mol. The van der Waals surface area contributed by atoms with E-state index in [0.29, 0.717) is 0 Å². The fourth-order valence-electron chi connectivity index (χ4n) is 0.478. The van der Waals surface area contributed by atoms with Crippen molar-refractivity contribution in [1.82, 2.24) is 0 Å². The fraction of sp³-hybridized carbons (Fsp3) is 0. The third-order valence-corrected chi connectivity index (χ3v) is 0.843. The van der Waals surface area contributed by atoms with Gasteiger partial charge in [-0.25, -0.2) is 0 Å². The molecule has 1 aromatic rings. The summed E-state index contributed by atoms with van der Waals surface area (Å²) < 4.78 is 0. The van der Waals surface area contributed by atoms with Gasteiger partial charge in [-0.15, -0.1) is 74.4 Å². The Morgan fingerprint density at radius 3 is 0.938 bits per heavy atom. The second-order valence-corrected chi connectivity index (χ2v) is 1.49. The number of halogens is 9. The maximum Gasteiger partial charge on any atom is 0.127 e. The lowest BCUT2D eigenvalue weighted by atomic mass is 10.3. The Bertz CT molecular complexity index is 158. The molecule has 0 aliphatic rings. The molecule has 1 rings (SSSR count). The molecule has 3 N–H and O–H groups in total. The Morgan fingerprint density at radius 1 is 0.562 bits per heavy atom. The number of rotatable bonds is 0. The van der Waals surface area contributed by atoms with Gasteiger partial charge in [0.25, 0.3) is 0 Å². The van der Waals surface area contributed by atoms with E-state index in [9.17, 15) is 0 Å². The first-order valence-electron chi connectivity index (χ1n) is 2.26. The lowest BCUT2D eigenvalue weighted by Gasteiger charge is -1.78. The topological polar surface area (TPSA) is 27.6 Å².